The molecule has 96 valence electrons. The van der Waals surface area contributed by atoms with E-state index in [-0.39, 0.29) is 24.4 Å². The van der Waals surface area contributed by atoms with Crippen LogP contribution in [0, 0.1) is 0 Å². The first-order valence-electron chi connectivity index (χ1n) is 5.44. The first-order valence-corrected chi connectivity index (χ1v) is 6.60. The van der Waals surface area contributed by atoms with Crippen LogP contribution in [-0.4, -0.2) is 47.8 Å². The van der Waals surface area contributed by atoms with Crippen molar-refractivity contribution in [2.45, 2.75) is 31.9 Å². The van der Waals surface area contributed by atoms with Crippen molar-refractivity contribution in [2.75, 3.05) is 24.6 Å². The van der Waals surface area contributed by atoms with E-state index in [1.165, 1.54) is 0 Å². The number of hydrogen-bond acceptors (Lipinski definition) is 4. The fourth-order valence-electron chi connectivity index (χ4n) is 1.47. The zero-order chi connectivity index (χ0) is 11.1. The SMILES string of the molecule is CC(O)CCNC(=O)CC1CSCCN1.Cl. The normalized spacial score (nSPS) is 22.0. The number of thioether (sulfide) groups is 1. The molecule has 0 radical (unpaired) electrons. The third kappa shape index (κ3) is 7.33. The second-order valence-corrected chi connectivity index (χ2v) is 5.07. The van der Waals surface area contributed by atoms with Crippen molar-refractivity contribution in [1.82, 2.24) is 10.6 Å². The van der Waals surface area contributed by atoms with E-state index in [9.17, 15) is 4.79 Å². The molecule has 0 aromatic carbocycles. The first kappa shape index (κ1) is 16.0. The highest BCUT2D eigenvalue weighted by Gasteiger charge is 2.16. The Kier molecular flexibility index (Phi) is 9.12. The Hall–Kier alpha value is 0.0300. The second kappa shape index (κ2) is 9.10. The number of carbonyl (C=O) groups excluding carboxylic acids is 1. The summed E-state index contributed by atoms with van der Waals surface area (Å²) in [6.07, 6.45) is 0.833. The van der Waals surface area contributed by atoms with Gasteiger partial charge in [0.1, 0.15) is 0 Å². The first-order chi connectivity index (χ1) is 7.18. The number of amides is 1. The third-order valence-electron chi connectivity index (χ3n) is 2.31. The molecule has 0 aromatic heterocycles. The lowest BCUT2D eigenvalue weighted by Crippen LogP contribution is -2.41. The van der Waals surface area contributed by atoms with Gasteiger partial charge in [-0.15, -0.1) is 12.4 Å². The minimum absolute atomic E-state index is 0. The number of halogens is 1. The highest BCUT2D eigenvalue weighted by molar-refractivity contribution is 7.99. The Morgan fingerprint density at radius 3 is 3.00 bits per heavy atom. The van der Waals surface area contributed by atoms with E-state index in [2.05, 4.69) is 10.6 Å². The van der Waals surface area contributed by atoms with Crippen molar-refractivity contribution in [3.63, 3.8) is 0 Å². The van der Waals surface area contributed by atoms with Crippen LogP contribution in [-0.2, 0) is 4.79 Å². The highest BCUT2D eigenvalue weighted by atomic mass is 35.5. The molecule has 2 atom stereocenters. The van der Waals surface area contributed by atoms with Crippen molar-refractivity contribution >= 4 is 30.1 Å². The fraction of sp³-hybridized carbons (Fsp3) is 0.900. The van der Waals surface area contributed by atoms with Crippen LogP contribution in [0.15, 0.2) is 0 Å². The molecule has 3 N–H and O–H groups in total. The molecule has 2 unspecified atom stereocenters. The Morgan fingerprint density at radius 1 is 1.69 bits per heavy atom. The molecule has 0 aromatic rings. The number of aliphatic hydroxyl groups is 1. The van der Waals surface area contributed by atoms with E-state index in [1.807, 2.05) is 11.8 Å². The van der Waals surface area contributed by atoms with E-state index in [4.69, 9.17) is 5.11 Å². The minimum atomic E-state index is -0.339. The Labute approximate surface area is 107 Å². The molecule has 1 aliphatic rings. The van der Waals surface area contributed by atoms with Gasteiger partial charge in [0, 0.05) is 37.1 Å². The van der Waals surface area contributed by atoms with Gasteiger partial charge in [-0.25, -0.2) is 0 Å². The summed E-state index contributed by atoms with van der Waals surface area (Å²) < 4.78 is 0. The zero-order valence-corrected chi connectivity index (χ0v) is 11.2. The Morgan fingerprint density at radius 2 is 2.44 bits per heavy atom. The van der Waals surface area contributed by atoms with Crippen molar-refractivity contribution in [2.24, 2.45) is 0 Å². The van der Waals surface area contributed by atoms with Gasteiger partial charge in [-0.1, -0.05) is 0 Å². The van der Waals surface area contributed by atoms with Crippen LogP contribution in [0.5, 0.6) is 0 Å². The number of nitrogens with one attached hydrogen (secondary N) is 2. The molecule has 1 saturated heterocycles. The molecule has 0 bridgehead atoms. The Bertz CT molecular complexity index is 199. The van der Waals surface area contributed by atoms with Gasteiger partial charge in [-0.3, -0.25) is 4.79 Å². The molecule has 0 aliphatic carbocycles. The van der Waals surface area contributed by atoms with Crippen LogP contribution in [0.1, 0.15) is 19.8 Å². The van der Waals surface area contributed by atoms with Crippen LogP contribution in [0.3, 0.4) is 0 Å². The molecule has 0 spiro atoms. The van der Waals surface area contributed by atoms with Crippen molar-refractivity contribution in [3.05, 3.63) is 0 Å². The largest absolute Gasteiger partial charge is 0.393 e. The molecule has 1 heterocycles. The molecule has 16 heavy (non-hydrogen) atoms. The second-order valence-electron chi connectivity index (χ2n) is 3.92. The molecule has 0 saturated carbocycles. The number of carbonyl (C=O) groups is 1. The number of hydrogen-bond donors (Lipinski definition) is 3. The molecular formula is C10H21ClN2O2S. The molecule has 1 amide bonds. The molecule has 1 rings (SSSR count). The molecule has 1 fully saturated rings. The van der Waals surface area contributed by atoms with Gasteiger partial charge >= 0.3 is 0 Å². The lowest BCUT2D eigenvalue weighted by Gasteiger charge is -2.22. The minimum Gasteiger partial charge on any atom is -0.393 e. The summed E-state index contributed by atoms with van der Waals surface area (Å²) in [5.41, 5.74) is 0. The summed E-state index contributed by atoms with van der Waals surface area (Å²) >= 11 is 1.89. The Balaban J connectivity index is 0.00000225. The molecule has 6 heteroatoms. The highest BCUT2D eigenvalue weighted by Crippen LogP contribution is 2.09. The average molecular weight is 269 g/mol. The number of rotatable bonds is 5. The van der Waals surface area contributed by atoms with Crippen LogP contribution >= 0.6 is 24.2 Å². The van der Waals surface area contributed by atoms with Gasteiger partial charge in [0.05, 0.1) is 6.10 Å². The van der Waals surface area contributed by atoms with E-state index >= 15 is 0 Å². The van der Waals surface area contributed by atoms with Crippen molar-refractivity contribution in [3.8, 4) is 0 Å². The monoisotopic (exact) mass is 268 g/mol. The van der Waals surface area contributed by atoms with Gasteiger partial charge in [0.2, 0.25) is 5.91 Å². The maximum Gasteiger partial charge on any atom is 0.221 e. The van der Waals surface area contributed by atoms with Crippen molar-refractivity contribution < 1.29 is 9.90 Å². The van der Waals surface area contributed by atoms with Crippen LogP contribution in [0.25, 0.3) is 0 Å². The fourth-order valence-corrected chi connectivity index (χ4v) is 2.42. The van der Waals surface area contributed by atoms with Crippen LogP contribution < -0.4 is 10.6 Å². The standard InChI is InChI=1S/C10H20N2O2S.ClH/c1-8(13)2-3-12-10(14)6-9-7-15-5-4-11-9;/h8-9,11,13H,2-7H2,1H3,(H,12,14);1H. The van der Waals surface area contributed by atoms with Crippen LogP contribution in [0.2, 0.25) is 0 Å². The lowest BCUT2D eigenvalue weighted by atomic mass is 10.2. The summed E-state index contributed by atoms with van der Waals surface area (Å²) in [7, 11) is 0. The quantitative estimate of drug-likeness (QED) is 0.675. The summed E-state index contributed by atoms with van der Waals surface area (Å²) in [5, 5.41) is 15.2. The summed E-state index contributed by atoms with van der Waals surface area (Å²) in [4.78, 5) is 11.5. The van der Waals surface area contributed by atoms with Gasteiger partial charge in [-0.2, -0.15) is 11.8 Å². The van der Waals surface area contributed by atoms with E-state index in [0.717, 1.165) is 18.1 Å². The molecular weight excluding hydrogens is 248 g/mol. The van der Waals surface area contributed by atoms with Crippen LogP contribution in [0.4, 0.5) is 0 Å². The zero-order valence-electron chi connectivity index (χ0n) is 9.57. The van der Waals surface area contributed by atoms with E-state index in [1.54, 1.807) is 6.92 Å². The van der Waals surface area contributed by atoms with Gasteiger partial charge in [-0.05, 0) is 13.3 Å². The molecule has 4 nitrogen and oxygen atoms in total. The van der Waals surface area contributed by atoms with Crippen molar-refractivity contribution in [1.29, 1.82) is 0 Å². The van der Waals surface area contributed by atoms with Gasteiger partial charge < -0.3 is 15.7 Å². The summed E-state index contributed by atoms with van der Waals surface area (Å²) in [5.74, 6) is 2.24. The van der Waals surface area contributed by atoms with E-state index < -0.39 is 0 Å². The summed E-state index contributed by atoms with van der Waals surface area (Å²) in [6, 6.07) is 0.315. The predicted octanol–water partition coefficient (Wildman–Crippen LogP) is 0.390. The third-order valence-corrected chi connectivity index (χ3v) is 3.45. The maximum absolute atomic E-state index is 11.5. The number of aliphatic hydroxyl groups excluding tert-OH is 1. The predicted molar refractivity (Wildman–Crippen MR) is 70.3 cm³/mol. The summed E-state index contributed by atoms with van der Waals surface area (Å²) in [6.45, 7) is 3.29. The average Bonchev–Trinajstić information content (AvgIpc) is 2.18. The topological polar surface area (TPSA) is 61.4 Å². The van der Waals surface area contributed by atoms with Gasteiger partial charge in [0.15, 0.2) is 0 Å². The van der Waals surface area contributed by atoms with E-state index in [0.29, 0.717) is 25.4 Å². The lowest BCUT2D eigenvalue weighted by molar-refractivity contribution is -0.121. The smallest absolute Gasteiger partial charge is 0.221 e. The van der Waals surface area contributed by atoms with Gasteiger partial charge in [0.25, 0.3) is 0 Å². The maximum atomic E-state index is 11.5. The molecule has 1 aliphatic heterocycles.